The van der Waals surface area contributed by atoms with E-state index in [2.05, 4.69) is 14.7 Å². The summed E-state index contributed by atoms with van der Waals surface area (Å²) >= 11 is 12.0. The molecule has 0 fully saturated rings. The molecule has 3 N–H and O–H groups in total. The fourth-order valence-corrected chi connectivity index (χ4v) is 5.49. The molecule has 0 amide bonds. The van der Waals surface area contributed by atoms with E-state index in [1.54, 1.807) is 25.3 Å². The molecule has 0 atom stereocenters. The number of aromatic nitrogens is 3. The van der Waals surface area contributed by atoms with Gasteiger partial charge in [0.25, 0.3) is 10.0 Å². The number of carbonyl (C=O) groups is 1. The highest BCUT2D eigenvalue weighted by molar-refractivity contribution is 7.92. The number of halogens is 2. The molecule has 34 heavy (non-hydrogen) atoms. The van der Waals surface area contributed by atoms with E-state index >= 15 is 0 Å². The quantitative estimate of drug-likeness (QED) is 0.337. The van der Waals surface area contributed by atoms with Gasteiger partial charge in [0, 0.05) is 22.8 Å². The fraction of sp³-hybridized carbons (Fsp3) is 0.174. The van der Waals surface area contributed by atoms with Gasteiger partial charge in [-0.2, -0.15) is 0 Å². The van der Waals surface area contributed by atoms with Gasteiger partial charge in [-0.25, -0.2) is 18.4 Å². The lowest BCUT2D eigenvalue weighted by Gasteiger charge is -2.13. The highest BCUT2D eigenvalue weighted by atomic mass is 35.5. The van der Waals surface area contributed by atoms with E-state index in [4.69, 9.17) is 28.9 Å². The molecule has 0 spiro atoms. The zero-order valence-corrected chi connectivity index (χ0v) is 20.8. The predicted molar refractivity (Wildman–Crippen MR) is 134 cm³/mol. The summed E-state index contributed by atoms with van der Waals surface area (Å²) in [5, 5.41) is 0.759. The van der Waals surface area contributed by atoms with Crippen molar-refractivity contribution in [1.82, 2.24) is 14.5 Å². The third kappa shape index (κ3) is 4.34. The zero-order valence-electron chi connectivity index (χ0n) is 18.5. The second-order valence-corrected chi connectivity index (χ2v) is 10.5. The van der Waals surface area contributed by atoms with Gasteiger partial charge in [-0.1, -0.05) is 35.3 Å². The SMILES string of the molecule is Cc1ccc(C(=O)c2cn(C(C)C)c3ncnc(N)c23)cc1NS(=O)(=O)c1ccc(Cl)cc1Cl. The first kappa shape index (κ1) is 24.0. The van der Waals surface area contributed by atoms with Gasteiger partial charge in [-0.15, -0.1) is 0 Å². The third-order valence-electron chi connectivity index (χ3n) is 5.37. The van der Waals surface area contributed by atoms with Gasteiger partial charge in [0.15, 0.2) is 5.78 Å². The molecule has 0 aliphatic heterocycles. The van der Waals surface area contributed by atoms with Gasteiger partial charge in [0.2, 0.25) is 0 Å². The van der Waals surface area contributed by atoms with E-state index in [1.165, 1.54) is 30.6 Å². The molecule has 0 aliphatic carbocycles. The number of carbonyl (C=O) groups excluding carboxylic acids is 1. The van der Waals surface area contributed by atoms with Crippen molar-refractivity contribution in [3.05, 3.63) is 75.7 Å². The van der Waals surface area contributed by atoms with Crippen molar-refractivity contribution in [3.63, 3.8) is 0 Å². The minimum atomic E-state index is -4.03. The Morgan fingerprint density at radius 3 is 2.53 bits per heavy atom. The number of fused-ring (bicyclic) bond motifs is 1. The van der Waals surface area contributed by atoms with Crippen LogP contribution < -0.4 is 10.5 Å². The van der Waals surface area contributed by atoms with Crippen LogP contribution in [-0.2, 0) is 10.0 Å². The molecule has 8 nitrogen and oxygen atoms in total. The zero-order chi connectivity index (χ0) is 24.8. The van der Waals surface area contributed by atoms with Crippen molar-refractivity contribution in [3.8, 4) is 0 Å². The number of anilines is 2. The van der Waals surface area contributed by atoms with Crippen molar-refractivity contribution >= 4 is 61.5 Å². The fourth-order valence-electron chi connectivity index (χ4n) is 3.60. The lowest BCUT2D eigenvalue weighted by atomic mass is 10.0. The highest BCUT2D eigenvalue weighted by Gasteiger charge is 2.23. The summed E-state index contributed by atoms with van der Waals surface area (Å²) in [6.07, 6.45) is 3.05. The minimum Gasteiger partial charge on any atom is -0.383 e. The molecule has 2 heterocycles. The number of nitrogens with zero attached hydrogens (tertiary/aromatic N) is 3. The van der Waals surface area contributed by atoms with E-state index in [0.717, 1.165) is 0 Å². The Bertz CT molecular complexity index is 1550. The predicted octanol–water partition coefficient (Wildman–Crippen LogP) is 5.24. The number of hydrogen-bond acceptors (Lipinski definition) is 6. The average molecular weight is 518 g/mol. The molecule has 4 aromatic rings. The van der Waals surface area contributed by atoms with Gasteiger partial charge < -0.3 is 10.3 Å². The van der Waals surface area contributed by atoms with E-state index in [0.29, 0.717) is 27.2 Å². The number of benzene rings is 2. The van der Waals surface area contributed by atoms with E-state index in [-0.39, 0.29) is 38.8 Å². The smallest absolute Gasteiger partial charge is 0.263 e. The van der Waals surface area contributed by atoms with Gasteiger partial charge >= 0.3 is 0 Å². The highest BCUT2D eigenvalue weighted by Crippen LogP contribution is 2.31. The monoisotopic (exact) mass is 517 g/mol. The molecular weight excluding hydrogens is 497 g/mol. The normalized spacial score (nSPS) is 11.8. The second kappa shape index (κ2) is 8.90. The number of aryl methyl sites for hydroxylation is 1. The number of nitrogen functional groups attached to an aromatic ring is 1. The van der Waals surface area contributed by atoms with Crippen LogP contribution in [0.4, 0.5) is 11.5 Å². The van der Waals surface area contributed by atoms with Crippen LogP contribution >= 0.6 is 23.2 Å². The Morgan fingerprint density at radius 1 is 1.12 bits per heavy atom. The Hall–Kier alpha value is -3.14. The molecule has 2 aromatic heterocycles. The molecule has 2 aromatic carbocycles. The van der Waals surface area contributed by atoms with Crippen molar-refractivity contribution in [1.29, 1.82) is 0 Å². The van der Waals surface area contributed by atoms with Gasteiger partial charge in [-0.3, -0.25) is 9.52 Å². The summed E-state index contributed by atoms with van der Waals surface area (Å²) in [5.74, 6) is -0.144. The van der Waals surface area contributed by atoms with E-state index in [1.807, 2.05) is 18.4 Å². The molecule has 0 saturated carbocycles. The Morgan fingerprint density at radius 2 is 1.85 bits per heavy atom. The van der Waals surface area contributed by atoms with Crippen LogP contribution in [0.2, 0.25) is 10.0 Å². The third-order valence-corrected chi connectivity index (χ3v) is 7.45. The number of sulfonamides is 1. The van der Waals surface area contributed by atoms with Gasteiger partial charge in [0.1, 0.15) is 22.7 Å². The molecule has 176 valence electrons. The van der Waals surface area contributed by atoms with E-state index < -0.39 is 10.0 Å². The molecule has 4 rings (SSSR count). The first-order valence-electron chi connectivity index (χ1n) is 10.2. The van der Waals surface area contributed by atoms with Gasteiger partial charge in [0.05, 0.1) is 21.7 Å². The molecule has 0 unspecified atom stereocenters. The summed E-state index contributed by atoms with van der Waals surface area (Å²) < 4.78 is 30.3. The van der Waals surface area contributed by atoms with E-state index in [9.17, 15) is 13.2 Å². The molecular formula is C23H21Cl2N5O3S. The first-order valence-corrected chi connectivity index (χ1v) is 12.5. The Labute approximate surface area is 206 Å². The molecule has 0 radical (unpaired) electrons. The van der Waals surface area contributed by atoms with Crippen LogP contribution in [0.5, 0.6) is 0 Å². The maximum atomic E-state index is 13.5. The van der Waals surface area contributed by atoms with Crippen LogP contribution in [0.15, 0.2) is 53.8 Å². The summed E-state index contributed by atoms with van der Waals surface area (Å²) in [5.41, 5.74) is 8.11. The molecule has 0 aliphatic rings. The number of nitrogens with two attached hydrogens (primary N) is 1. The maximum Gasteiger partial charge on any atom is 0.263 e. The summed E-state index contributed by atoms with van der Waals surface area (Å²) in [4.78, 5) is 21.7. The number of rotatable bonds is 6. The molecule has 11 heteroatoms. The average Bonchev–Trinajstić information content (AvgIpc) is 3.15. The molecule has 0 saturated heterocycles. The molecule has 0 bridgehead atoms. The standard InChI is InChI=1S/C23H21Cl2N5O3S/c1-12(2)30-10-16(20-22(26)27-11-28-23(20)30)21(31)14-5-4-13(3)18(8-14)29-34(32,33)19-7-6-15(24)9-17(19)25/h4-12,29H,1-3H3,(H2,26,27,28). The topological polar surface area (TPSA) is 120 Å². The second-order valence-electron chi connectivity index (χ2n) is 8.04. The Balaban J connectivity index is 1.77. The Kier molecular flexibility index (Phi) is 6.28. The summed E-state index contributed by atoms with van der Waals surface area (Å²) in [6, 6.07) is 8.91. The largest absolute Gasteiger partial charge is 0.383 e. The van der Waals surface area contributed by atoms with Crippen LogP contribution in [0, 0.1) is 6.92 Å². The van der Waals surface area contributed by atoms with Crippen molar-refractivity contribution in [2.45, 2.75) is 31.7 Å². The number of ketones is 1. The van der Waals surface area contributed by atoms with Crippen molar-refractivity contribution in [2.24, 2.45) is 0 Å². The number of hydrogen-bond donors (Lipinski definition) is 2. The van der Waals surface area contributed by atoms with Gasteiger partial charge in [-0.05, 0) is 50.6 Å². The summed E-state index contributed by atoms with van der Waals surface area (Å²) in [7, 11) is -4.03. The van der Waals surface area contributed by atoms with Crippen LogP contribution in [0.3, 0.4) is 0 Å². The van der Waals surface area contributed by atoms with Crippen LogP contribution in [0.25, 0.3) is 11.0 Å². The van der Waals surface area contributed by atoms with Crippen LogP contribution in [-0.4, -0.2) is 28.7 Å². The first-order chi connectivity index (χ1) is 16.0. The minimum absolute atomic E-state index is 0.0122. The number of nitrogens with one attached hydrogen (secondary N) is 1. The lowest BCUT2D eigenvalue weighted by molar-refractivity contribution is 0.104. The maximum absolute atomic E-state index is 13.5. The van der Waals surface area contributed by atoms with Crippen molar-refractivity contribution < 1.29 is 13.2 Å². The van der Waals surface area contributed by atoms with Crippen molar-refractivity contribution in [2.75, 3.05) is 10.5 Å². The van der Waals surface area contributed by atoms with Crippen LogP contribution in [0.1, 0.15) is 41.4 Å². The summed E-state index contributed by atoms with van der Waals surface area (Å²) in [6.45, 7) is 5.66. The lowest BCUT2D eigenvalue weighted by Crippen LogP contribution is -2.15.